The van der Waals surface area contributed by atoms with E-state index in [4.69, 9.17) is 4.74 Å². The standard InChI is InChI=1S/C20H18N2O2/c1-2-12-24-19-11-7-6-10-17(19)13-18(14-21)20(23)22-15-16-8-4-3-5-9-16/h2-11,13H,1,12,15H2,(H,22,23)/b18-13+. The van der Waals surface area contributed by atoms with Crippen LogP contribution in [0.15, 0.2) is 72.8 Å². The Bertz CT molecular complexity index is 774. The highest BCUT2D eigenvalue weighted by atomic mass is 16.5. The average Bonchev–Trinajstić information content (AvgIpc) is 2.64. The molecular formula is C20H18N2O2. The van der Waals surface area contributed by atoms with Crippen LogP contribution < -0.4 is 10.1 Å². The van der Waals surface area contributed by atoms with Gasteiger partial charge in [-0.05, 0) is 17.7 Å². The van der Waals surface area contributed by atoms with Crippen molar-refractivity contribution in [1.82, 2.24) is 5.32 Å². The lowest BCUT2D eigenvalue weighted by Gasteiger charge is -2.08. The molecule has 24 heavy (non-hydrogen) atoms. The molecule has 2 aromatic rings. The smallest absolute Gasteiger partial charge is 0.262 e. The van der Waals surface area contributed by atoms with Crippen LogP contribution in [0.5, 0.6) is 5.75 Å². The third-order valence-electron chi connectivity index (χ3n) is 3.24. The number of rotatable bonds is 7. The van der Waals surface area contributed by atoms with Crippen LogP contribution in [0.1, 0.15) is 11.1 Å². The number of amides is 1. The van der Waals surface area contributed by atoms with Gasteiger partial charge in [0.2, 0.25) is 0 Å². The summed E-state index contributed by atoms with van der Waals surface area (Å²) in [7, 11) is 0. The van der Waals surface area contributed by atoms with Gasteiger partial charge in [-0.1, -0.05) is 61.2 Å². The quantitative estimate of drug-likeness (QED) is 0.483. The van der Waals surface area contributed by atoms with Crippen molar-refractivity contribution in [2.24, 2.45) is 0 Å². The normalized spacial score (nSPS) is 10.5. The van der Waals surface area contributed by atoms with Crippen LogP contribution in [0, 0.1) is 11.3 Å². The second kappa shape index (κ2) is 8.96. The zero-order valence-corrected chi connectivity index (χ0v) is 13.2. The summed E-state index contributed by atoms with van der Waals surface area (Å²) < 4.78 is 5.54. The molecule has 0 heterocycles. The van der Waals surface area contributed by atoms with Gasteiger partial charge in [-0.25, -0.2) is 0 Å². The lowest BCUT2D eigenvalue weighted by atomic mass is 10.1. The van der Waals surface area contributed by atoms with Gasteiger partial charge in [-0.2, -0.15) is 5.26 Å². The number of ether oxygens (including phenoxy) is 1. The van der Waals surface area contributed by atoms with Gasteiger partial charge in [0.1, 0.15) is 24.0 Å². The molecule has 0 spiro atoms. The summed E-state index contributed by atoms with van der Waals surface area (Å²) >= 11 is 0. The van der Waals surface area contributed by atoms with E-state index < -0.39 is 5.91 Å². The number of carbonyl (C=O) groups is 1. The minimum absolute atomic E-state index is 0.0283. The van der Waals surface area contributed by atoms with Crippen LogP contribution in [0.2, 0.25) is 0 Å². The number of carbonyl (C=O) groups excluding carboxylic acids is 1. The van der Waals surface area contributed by atoms with Gasteiger partial charge in [0.15, 0.2) is 0 Å². The Morgan fingerprint density at radius 1 is 1.17 bits per heavy atom. The Morgan fingerprint density at radius 2 is 1.88 bits per heavy atom. The Labute approximate surface area is 141 Å². The number of nitriles is 1. The molecule has 4 nitrogen and oxygen atoms in total. The van der Waals surface area contributed by atoms with E-state index in [-0.39, 0.29) is 5.57 Å². The molecule has 2 rings (SSSR count). The molecule has 0 aliphatic heterocycles. The van der Waals surface area contributed by atoms with E-state index in [1.165, 1.54) is 6.08 Å². The molecule has 1 N–H and O–H groups in total. The minimum atomic E-state index is -0.417. The molecule has 0 aromatic heterocycles. The predicted octanol–water partition coefficient (Wildman–Crippen LogP) is 3.47. The molecule has 0 bridgehead atoms. The molecule has 0 saturated heterocycles. The highest BCUT2D eigenvalue weighted by Crippen LogP contribution is 2.21. The van der Waals surface area contributed by atoms with E-state index in [0.717, 1.165) is 5.56 Å². The first kappa shape index (κ1) is 17.0. The summed E-state index contributed by atoms with van der Waals surface area (Å²) in [5, 5.41) is 12.0. The van der Waals surface area contributed by atoms with Crippen LogP contribution >= 0.6 is 0 Å². The fourth-order valence-corrected chi connectivity index (χ4v) is 2.06. The Morgan fingerprint density at radius 3 is 2.58 bits per heavy atom. The predicted molar refractivity (Wildman–Crippen MR) is 94.0 cm³/mol. The molecule has 0 atom stereocenters. The van der Waals surface area contributed by atoms with E-state index in [1.807, 2.05) is 48.5 Å². The summed E-state index contributed by atoms with van der Waals surface area (Å²) in [6.45, 7) is 4.33. The molecule has 0 aliphatic carbocycles. The fraction of sp³-hybridized carbons (Fsp3) is 0.100. The van der Waals surface area contributed by atoms with Crippen molar-refractivity contribution in [3.8, 4) is 11.8 Å². The lowest BCUT2D eigenvalue weighted by molar-refractivity contribution is -0.117. The zero-order chi connectivity index (χ0) is 17.2. The summed E-state index contributed by atoms with van der Waals surface area (Å²) in [6, 6.07) is 18.7. The first-order valence-electron chi connectivity index (χ1n) is 7.51. The van der Waals surface area contributed by atoms with Crippen LogP contribution in [0.4, 0.5) is 0 Å². The van der Waals surface area contributed by atoms with Crippen molar-refractivity contribution in [2.75, 3.05) is 6.61 Å². The van der Waals surface area contributed by atoms with Crippen molar-refractivity contribution < 1.29 is 9.53 Å². The molecule has 0 unspecified atom stereocenters. The van der Waals surface area contributed by atoms with Gasteiger partial charge < -0.3 is 10.1 Å². The molecule has 1 amide bonds. The fourth-order valence-electron chi connectivity index (χ4n) is 2.06. The Hall–Kier alpha value is -3.32. The summed E-state index contributed by atoms with van der Waals surface area (Å²) in [5.74, 6) is 0.181. The maximum Gasteiger partial charge on any atom is 0.262 e. The van der Waals surface area contributed by atoms with Crippen LogP contribution in [0.25, 0.3) is 6.08 Å². The molecule has 4 heteroatoms. The molecule has 120 valence electrons. The van der Waals surface area contributed by atoms with Crippen LogP contribution in [-0.2, 0) is 11.3 Å². The maximum absolute atomic E-state index is 12.2. The van der Waals surface area contributed by atoms with Crippen molar-refractivity contribution in [1.29, 1.82) is 5.26 Å². The zero-order valence-electron chi connectivity index (χ0n) is 13.2. The number of nitrogens with zero attached hydrogens (tertiary/aromatic N) is 1. The van der Waals surface area contributed by atoms with Gasteiger partial charge in [0.25, 0.3) is 5.91 Å². The first-order chi connectivity index (χ1) is 11.7. The number of hydrogen-bond acceptors (Lipinski definition) is 3. The largest absolute Gasteiger partial charge is 0.489 e. The molecule has 0 radical (unpaired) electrons. The van der Waals surface area contributed by atoms with Gasteiger partial charge in [0.05, 0.1) is 0 Å². The Kier molecular flexibility index (Phi) is 6.36. The van der Waals surface area contributed by atoms with E-state index in [1.54, 1.807) is 18.2 Å². The number of benzene rings is 2. The number of nitrogens with one attached hydrogen (secondary N) is 1. The highest BCUT2D eigenvalue weighted by Gasteiger charge is 2.10. The van der Waals surface area contributed by atoms with Gasteiger partial charge >= 0.3 is 0 Å². The van der Waals surface area contributed by atoms with Gasteiger partial charge in [0, 0.05) is 12.1 Å². The molecular weight excluding hydrogens is 300 g/mol. The summed E-state index contributed by atoms with van der Waals surface area (Å²) in [6.07, 6.45) is 3.16. The molecule has 2 aromatic carbocycles. The Balaban J connectivity index is 2.12. The first-order valence-corrected chi connectivity index (χ1v) is 7.51. The van der Waals surface area contributed by atoms with Gasteiger partial charge in [-0.15, -0.1) is 0 Å². The highest BCUT2D eigenvalue weighted by molar-refractivity contribution is 6.01. The van der Waals surface area contributed by atoms with Crippen LogP contribution in [0.3, 0.4) is 0 Å². The van der Waals surface area contributed by atoms with Crippen molar-refractivity contribution in [3.05, 3.63) is 84.0 Å². The SMILES string of the molecule is C=CCOc1ccccc1/C=C(\C#N)C(=O)NCc1ccccc1. The van der Waals surface area contributed by atoms with E-state index >= 15 is 0 Å². The molecule has 0 saturated carbocycles. The van der Waals surface area contributed by atoms with Crippen LogP contribution in [-0.4, -0.2) is 12.5 Å². The number of para-hydroxylation sites is 1. The third kappa shape index (κ3) is 4.85. The van der Waals surface area contributed by atoms with E-state index in [2.05, 4.69) is 11.9 Å². The number of hydrogen-bond donors (Lipinski definition) is 1. The maximum atomic E-state index is 12.2. The summed E-state index contributed by atoms with van der Waals surface area (Å²) in [4.78, 5) is 12.2. The third-order valence-corrected chi connectivity index (χ3v) is 3.24. The van der Waals surface area contributed by atoms with Crippen molar-refractivity contribution in [3.63, 3.8) is 0 Å². The summed E-state index contributed by atoms with van der Waals surface area (Å²) in [5.41, 5.74) is 1.67. The van der Waals surface area contributed by atoms with Crippen molar-refractivity contribution in [2.45, 2.75) is 6.54 Å². The average molecular weight is 318 g/mol. The second-order valence-electron chi connectivity index (χ2n) is 4.98. The molecule has 0 aliphatic rings. The second-order valence-corrected chi connectivity index (χ2v) is 4.98. The topological polar surface area (TPSA) is 62.1 Å². The van der Waals surface area contributed by atoms with E-state index in [9.17, 15) is 10.1 Å². The van der Waals surface area contributed by atoms with Gasteiger partial charge in [-0.3, -0.25) is 4.79 Å². The van der Waals surface area contributed by atoms with Crippen molar-refractivity contribution >= 4 is 12.0 Å². The lowest BCUT2D eigenvalue weighted by Crippen LogP contribution is -2.23. The van der Waals surface area contributed by atoms with E-state index in [0.29, 0.717) is 24.5 Å². The molecule has 0 fully saturated rings. The minimum Gasteiger partial charge on any atom is -0.489 e. The monoisotopic (exact) mass is 318 g/mol.